The molecule has 0 bridgehead atoms. The Bertz CT molecular complexity index is 324. The van der Waals surface area contributed by atoms with Gasteiger partial charge in [-0.2, -0.15) is 0 Å². The van der Waals surface area contributed by atoms with E-state index in [-0.39, 0.29) is 18.4 Å². The van der Waals surface area contributed by atoms with Crippen molar-refractivity contribution in [3.63, 3.8) is 0 Å². The number of β-amino-alcohol motifs (C(OH)–C–C–N with tert-alkyl or cyclic N) is 1. The zero-order valence-electron chi connectivity index (χ0n) is 11.2. The maximum Gasteiger partial charge on any atom is 0.229 e. The fraction of sp³-hybridized carbons (Fsp3) is 0.857. The molecule has 2 fully saturated rings. The van der Waals surface area contributed by atoms with Crippen molar-refractivity contribution in [3.05, 3.63) is 0 Å². The summed E-state index contributed by atoms with van der Waals surface area (Å²) in [5.74, 6) is 0.259. The van der Waals surface area contributed by atoms with Gasteiger partial charge in [0.25, 0.3) is 0 Å². The van der Waals surface area contributed by atoms with E-state index < -0.39 is 5.60 Å². The van der Waals surface area contributed by atoms with E-state index in [0.29, 0.717) is 31.6 Å². The molecule has 0 radical (unpaired) electrons. The molecule has 102 valence electrons. The van der Waals surface area contributed by atoms with E-state index in [2.05, 4.69) is 6.92 Å². The van der Waals surface area contributed by atoms with E-state index in [0.717, 1.165) is 25.7 Å². The molecule has 2 unspecified atom stereocenters. The first-order valence-electron chi connectivity index (χ1n) is 7.06. The van der Waals surface area contributed by atoms with Crippen LogP contribution in [0, 0.1) is 5.92 Å². The minimum atomic E-state index is -0.854. The number of nitrogens with zero attached hydrogens (tertiary/aromatic N) is 1. The molecule has 0 aromatic heterocycles. The average Bonchev–Trinajstić information content (AvgIpc) is 2.44. The number of likely N-dealkylation sites (tertiary alicyclic amines) is 1. The molecule has 1 aliphatic carbocycles. The topological polar surface area (TPSA) is 57.6 Å². The fourth-order valence-electron chi connectivity index (χ4n) is 3.21. The fourth-order valence-corrected chi connectivity index (χ4v) is 3.21. The molecule has 0 spiro atoms. The summed E-state index contributed by atoms with van der Waals surface area (Å²) in [6, 6.07) is 0. The number of amides is 2. The number of carbonyl (C=O) groups excluding carboxylic acids is 2. The monoisotopic (exact) mass is 253 g/mol. The summed E-state index contributed by atoms with van der Waals surface area (Å²) in [4.78, 5) is 25.1. The Balaban J connectivity index is 2.05. The van der Waals surface area contributed by atoms with Crippen LogP contribution in [0.25, 0.3) is 0 Å². The molecule has 2 rings (SSSR count). The van der Waals surface area contributed by atoms with Crippen molar-refractivity contribution in [2.75, 3.05) is 6.54 Å². The summed E-state index contributed by atoms with van der Waals surface area (Å²) in [7, 11) is 0. The molecule has 2 aliphatic rings. The number of imide groups is 1. The van der Waals surface area contributed by atoms with Crippen LogP contribution in [0.3, 0.4) is 0 Å². The predicted molar refractivity (Wildman–Crippen MR) is 67.8 cm³/mol. The van der Waals surface area contributed by atoms with E-state index in [1.165, 1.54) is 4.90 Å². The number of carbonyl (C=O) groups is 2. The Morgan fingerprint density at radius 3 is 2.39 bits per heavy atom. The molecule has 2 atom stereocenters. The van der Waals surface area contributed by atoms with Crippen LogP contribution < -0.4 is 0 Å². The maximum absolute atomic E-state index is 11.9. The number of hydrogen-bond acceptors (Lipinski definition) is 3. The Morgan fingerprint density at radius 1 is 1.22 bits per heavy atom. The van der Waals surface area contributed by atoms with Crippen molar-refractivity contribution >= 4 is 11.8 Å². The highest BCUT2D eigenvalue weighted by Crippen LogP contribution is 2.33. The molecule has 1 heterocycles. The third-order valence-electron chi connectivity index (χ3n) is 4.15. The largest absolute Gasteiger partial charge is 0.388 e. The van der Waals surface area contributed by atoms with Crippen LogP contribution in [-0.4, -0.2) is 34.0 Å². The SMILES string of the molecule is CC1CCCC(O)(CN2C(=O)CCCCC2=O)C1. The van der Waals surface area contributed by atoms with E-state index in [4.69, 9.17) is 0 Å². The van der Waals surface area contributed by atoms with Crippen LogP contribution in [0.2, 0.25) is 0 Å². The smallest absolute Gasteiger partial charge is 0.229 e. The van der Waals surface area contributed by atoms with Crippen LogP contribution in [0.15, 0.2) is 0 Å². The van der Waals surface area contributed by atoms with Gasteiger partial charge in [0.05, 0.1) is 12.1 Å². The van der Waals surface area contributed by atoms with Crippen LogP contribution in [0.4, 0.5) is 0 Å². The van der Waals surface area contributed by atoms with E-state index >= 15 is 0 Å². The molecular formula is C14H23NO3. The summed E-state index contributed by atoms with van der Waals surface area (Å²) in [6.45, 7) is 2.32. The Labute approximate surface area is 108 Å². The molecule has 18 heavy (non-hydrogen) atoms. The van der Waals surface area contributed by atoms with Gasteiger partial charge in [-0.1, -0.05) is 19.8 Å². The van der Waals surface area contributed by atoms with Gasteiger partial charge in [-0.05, 0) is 31.6 Å². The quantitative estimate of drug-likeness (QED) is 0.764. The first-order chi connectivity index (χ1) is 8.50. The predicted octanol–water partition coefficient (Wildman–Crippen LogP) is 1.86. The van der Waals surface area contributed by atoms with Crippen molar-refractivity contribution < 1.29 is 14.7 Å². The highest BCUT2D eigenvalue weighted by atomic mass is 16.3. The molecule has 2 amide bonds. The molecular weight excluding hydrogens is 230 g/mol. The second kappa shape index (κ2) is 5.39. The molecule has 4 heteroatoms. The molecule has 0 aromatic rings. The van der Waals surface area contributed by atoms with Crippen molar-refractivity contribution in [2.24, 2.45) is 5.92 Å². The molecule has 1 saturated carbocycles. The highest BCUT2D eigenvalue weighted by Gasteiger charge is 2.37. The zero-order valence-corrected chi connectivity index (χ0v) is 11.2. The zero-order chi connectivity index (χ0) is 13.2. The number of rotatable bonds is 2. The van der Waals surface area contributed by atoms with Gasteiger partial charge in [-0.25, -0.2) is 0 Å². The van der Waals surface area contributed by atoms with Gasteiger partial charge in [0, 0.05) is 12.8 Å². The lowest BCUT2D eigenvalue weighted by atomic mass is 9.78. The second-order valence-electron chi connectivity index (χ2n) is 6.01. The average molecular weight is 253 g/mol. The van der Waals surface area contributed by atoms with Crippen molar-refractivity contribution in [1.29, 1.82) is 0 Å². The van der Waals surface area contributed by atoms with E-state index in [9.17, 15) is 14.7 Å². The van der Waals surface area contributed by atoms with E-state index in [1.54, 1.807) is 0 Å². The van der Waals surface area contributed by atoms with Crippen LogP contribution >= 0.6 is 0 Å². The minimum absolute atomic E-state index is 0.107. The summed E-state index contributed by atoms with van der Waals surface area (Å²) in [6.07, 6.45) is 5.97. The Morgan fingerprint density at radius 2 is 1.83 bits per heavy atom. The maximum atomic E-state index is 11.9. The lowest BCUT2D eigenvalue weighted by Crippen LogP contribution is -2.49. The summed E-state index contributed by atoms with van der Waals surface area (Å²) in [5, 5.41) is 10.6. The lowest BCUT2D eigenvalue weighted by Gasteiger charge is -2.38. The third kappa shape index (κ3) is 3.10. The molecule has 0 aromatic carbocycles. The van der Waals surface area contributed by atoms with Gasteiger partial charge in [0.1, 0.15) is 0 Å². The molecule has 1 N–H and O–H groups in total. The molecule has 1 saturated heterocycles. The molecule has 1 aliphatic heterocycles. The normalized spacial score (nSPS) is 34.6. The minimum Gasteiger partial charge on any atom is -0.388 e. The van der Waals surface area contributed by atoms with Crippen LogP contribution in [0.5, 0.6) is 0 Å². The third-order valence-corrected chi connectivity index (χ3v) is 4.15. The Kier molecular flexibility index (Phi) is 4.05. The van der Waals surface area contributed by atoms with Gasteiger partial charge in [-0.3, -0.25) is 14.5 Å². The van der Waals surface area contributed by atoms with Gasteiger partial charge < -0.3 is 5.11 Å². The second-order valence-corrected chi connectivity index (χ2v) is 6.01. The van der Waals surface area contributed by atoms with Crippen molar-refractivity contribution in [3.8, 4) is 0 Å². The standard InChI is InChI=1S/C14H23NO3/c1-11-5-4-8-14(18,9-11)10-15-12(16)6-2-3-7-13(15)17/h11,18H,2-10H2,1H3. The lowest BCUT2D eigenvalue weighted by molar-refractivity contribution is -0.149. The van der Waals surface area contributed by atoms with Crippen molar-refractivity contribution in [2.45, 2.75) is 63.9 Å². The van der Waals surface area contributed by atoms with Crippen LogP contribution in [0.1, 0.15) is 58.3 Å². The first kappa shape index (κ1) is 13.5. The van der Waals surface area contributed by atoms with Gasteiger partial charge >= 0.3 is 0 Å². The van der Waals surface area contributed by atoms with Gasteiger partial charge in [0.15, 0.2) is 0 Å². The first-order valence-corrected chi connectivity index (χ1v) is 7.06. The summed E-state index contributed by atoms with van der Waals surface area (Å²) >= 11 is 0. The van der Waals surface area contributed by atoms with Crippen molar-refractivity contribution in [1.82, 2.24) is 4.90 Å². The molecule has 4 nitrogen and oxygen atoms in total. The number of aliphatic hydroxyl groups is 1. The van der Waals surface area contributed by atoms with Crippen LogP contribution in [-0.2, 0) is 9.59 Å². The van der Waals surface area contributed by atoms with E-state index in [1.807, 2.05) is 0 Å². The van der Waals surface area contributed by atoms with Gasteiger partial charge in [-0.15, -0.1) is 0 Å². The Hall–Kier alpha value is -0.900. The summed E-state index contributed by atoms with van der Waals surface area (Å²) < 4.78 is 0. The van der Waals surface area contributed by atoms with Gasteiger partial charge in [0.2, 0.25) is 11.8 Å². The highest BCUT2D eigenvalue weighted by molar-refractivity contribution is 5.96. The summed E-state index contributed by atoms with van der Waals surface area (Å²) in [5.41, 5.74) is -0.854. The number of hydrogen-bond donors (Lipinski definition) is 1.